The number of nitrogens with zero attached hydrogens (tertiary/aromatic N) is 2. The summed E-state index contributed by atoms with van der Waals surface area (Å²) in [6.45, 7) is 3.80. The topological polar surface area (TPSA) is 38.9 Å². The highest BCUT2D eigenvalue weighted by Crippen LogP contribution is 2.19. The van der Waals surface area contributed by atoms with Crippen LogP contribution in [0.15, 0.2) is 28.8 Å². The van der Waals surface area contributed by atoms with E-state index in [1.165, 1.54) is 0 Å². The largest absolute Gasteiger partial charge is 0.339 e. The van der Waals surface area contributed by atoms with Crippen molar-refractivity contribution in [3.05, 3.63) is 35.7 Å². The molecular formula is C13H12N2O. The molecule has 0 spiro atoms. The lowest BCUT2D eigenvalue weighted by molar-refractivity contribution is 0.394. The maximum absolute atomic E-state index is 4.97. The highest BCUT2D eigenvalue weighted by Gasteiger charge is 2.08. The van der Waals surface area contributed by atoms with Crippen molar-refractivity contribution in [2.24, 2.45) is 0 Å². The molecule has 0 saturated heterocycles. The quantitative estimate of drug-likeness (QED) is 0.682. The predicted octanol–water partition coefficient (Wildman–Crippen LogP) is 2.81. The Kier molecular flexibility index (Phi) is 3.02. The van der Waals surface area contributed by atoms with Crippen molar-refractivity contribution in [2.75, 3.05) is 0 Å². The maximum Gasteiger partial charge on any atom is 0.223 e. The maximum atomic E-state index is 4.97. The van der Waals surface area contributed by atoms with Crippen molar-refractivity contribution in [2.45, 2.75) is 20.3 Å². The molecule has 2 aromatic rings. The van der Waals surface area contributed by atoms with Gasteiger partial charge in [-0.05, 0) is 12.1 Å². The molecule has 0 unspecified atom stereocenters. The van der Waals surface area contributed by atoms with Crippen molar-refractivity contribution in [3.8, 4) is 23.2 Å². The first-order valence-corrected chi connectivity index (χ1v) is 5.20. The summed E-state index contributed by atoms with van der Waals surface area (Å²) in [5, 5.41) is 3.90. The van der Waals surface area contributed by atoms with Crippen LogP contribution in [0.4, 0.5) is 0 Å². The third kappa shape index (κ3) is 2.12. The van der Waals surface area contributed by atoms with Gasteiger partial charge in [0, 0.05) is 24.5 Å². The first-order chi connectivity index (χ1) is 7.81. The van der Waals surface area contributed by atoms with Crippen LogP contribution in [0.1, 0.15) is 24.8 Å². The lowest BCUT2D eigenvalue weighted by Gasteiger charge is -1.97. The number of aromatic nitrogens is 2. The molecule has 3 heteroatoms. The van der Waals surface area contributed by atoms with Gasteiger partial charge in [-0.1, -0.05) is 36.1 Å². The van der Waals surface area contributed by atoms with Crippen molar-refractivity contribution < 1.29 is 4.52 Å². The minimum absolute atomic E-state index is 0.563. The average molecular weight is 212 g/mol. The number of rotatable bonds is 1. The average Bonchev–Trinajstić information content (AvgIpc) is 2.73. The molecule has 0 atom stereocenters. The van der Waals surface area contributed by atoms with Crippen LogP contribution in [0, 0.1) is 18.8 Å². The van der Waals surface area contributed by atoms with Crippen LogP contribution in [0.5, 0.6) is 0 Å². The summed E-state index contributed by atoms with van der Waals surface area (Å²) in [4.78, 5) is 4.20. The van der Waals surface area contributed by atoms with E-state index in [0.29, 0.717) is 11.7 Å². The molecule has 2 rings (SSSR count). The van der Waals surface area contributed by atoms with Gasteiger partial charge in [-0.15, -0.1) is 0 Å². The van der Waals surface area contributed by atoms with E-state index >= 15 is 0 Å². The molecule has 3 nitrogen and oxygen atoms in total. The van der Waals surface area contributed by atoms with Crippen LogP contribution >= 0.6 is 0 Å². The molecule has 1 aromatic heterocycles. The van der Waals surface area contributed by atoms with Crippen LogP contribution in [-0.4, -0.2) is 10.1 Å². The smallest absolute Gasteiger partial charge is 0.223 e. The van der Waals surface area contributed by atoms with Crippen molar-refractivity contribution >= 4 is 0 Å². The van der Waals surface area contributed by atoms with Gasteiger partial charge in [0.25, 0.3) is 0 Å². The predicted molar refractivity (Wildman–Crippen MR) is 61.6 cm³/mol. The minimum atomic E-state index is 0.563. The van der Waals surface area contributed by atoms with Crippen LogP contribution in [0.2, 0.25) is 0 Å². The zero-order chi connectivity index (χ0) is 11.4. The lowest BCUT2D eigenvalue weighted by atomic mass is 10.1. The van der Waals surface area contributed by atoms with Gasteiger partial charge in [0.05, 0.1) is 0 Å². The Labute approximate surface area is 94.5 Å². The minimum Gasteiger partial charge on any atom is -0.339 e. The summed E-state index contributed by atoms with van der Waals surface area (Å²) in [5.74, 6) is 7.30. The molecule has 0 aliphatic heterocycles. The van der Waals surface area contributed by atoms with E-state index in [2.05, 4.69) is 22.0 Å². The van der Waals surface area contributed by atoms with Gasteiger partial charge >= 0.3 is 0 Å². The Hall–Kier alpha value is -2.08. The third-order valence-corrected chi connectivity index (χ3v) is 2.10. The highest BCUT2D eigenvalue weighted by atomic mass is 16.5. The second kappa shape index (κ2) is 4.63. The number of aryl methyl sites for hydroxylation is 1. The summed E-state index contributed by atoms with van der Waals surface area (Å²) in [6.07, 6.45) is 0.833. The van der Waals surface area contributed by atoms with Crippen LogP contribution in [0.25, 0.3) is 11.4 Å². The fraction of sp³-hybridized carbons (Fsp3) is 0.231. The van der Waals surface area contributed by atoms with E-state index in [0.717, 1.165) is 17.5 Å². The summed E-state index contributed by atoms with van der Waals surface area (Å²) in [6, 6.07) is 7.81. The third-order valence-electron chi connectivity index (χ3n) is 2.10. The van der Waals surface area contributed by atoms with Crippen molar-refractivity contribution in [1.29, 1.82) is 0 Å². The molecule has 0 saturated carbocycles. The number of hydrogen-bond donors (Lipinski definition) is 0. The van der Waals surface area contributed by atoms with E-state index in [1.807, 2.05) is 31.2 Å². The van der Waals surface area contributed by atoms with Gasteiger partial charge in [-0.3, -0.25) is 0 Å². The molecule has 0 bridgehead atoms. The van der Waals surface area contributed by atoms with Gasteiger partial charge in [0.15, 0.2) is 0 Å². The molecule has 16 heavy (non-hydrogen) atoms. The summed E-state index contributed by atoms with van der Waals surface area (Å²) < 4.78 is 4.97. The Bertz CT molecular complexity index is 546. The van der Waals surface area contributed by atoms with Gasteiger partial charge in [-0.2, -0.15) is 4.98 Å². The fourth-order valence-corrected chi connectivity index (χ4v) is 1.38. The molecule has 0 aliphatic carbocycles. The Balaban J connectivity index is 2.48. The summed E-state index contributed by atoms with van der Waals surface area (Å²) >= 11 is 0. The summed E-state index contributed by atoms with van der Waals surface area (Å²) in [5.41, 5.74) is 1.85. The van der Waals surface area contributed by atoms with E-state index in [4.69, 9.17) is 4.52 Å². The molecule has 1 heterocycles. The van der Waals surface area contributed by atoms with Crippen LogP contribution in [0.3, 0.4) is 0 Å². The van der Waals surface area contributed by atoms with E-state index in [9.17, 15) is 0 Å². The second-order valence-corrected chi connectivity index (χ2v) is 3.34. The van der Waals surface area contributed by atoms with Crippen molar-refractivity contribution in [1.82, 2.24) is 10.1 Å². The molecule has 0 amide bonds. The number of hydrogen-bond acceptors (Lipinski definition) is 3. The normalized spacial score (nSPS) is 9.62. The second-order valence-electron chi connectivity index (χ2n) is 3.34. The molecule has 80 valence electrons. The number of benzene rings is 1. The lowest BCUT2D eigenvalue weighted by Crippen LogP contribution is -1.86. The Morgan fingerprint density at radius 3 is 2.81 bits per heavy atom. The zero-order valence-electron chi connectivity index (χ0n) is 9.32. The molecule has 0 fully saturated rings. The van der Waals surface area contributed by atoms with Gasteiger partial charge in [0.1, 0.15) is 0 Å². The molecule has 0 aliphatic rings. The molecule has 0 radical (unpaired) electrons. The van der Waals surface area contributed by atoms with E-state index in [1.54, 1.807) is 6.92 Å². The SMILES string of the molecule is CCC#Cc1ccccc1-c1noc(C)n1. The first kappa shape index (κ1) is 10.4. The highest BCUT2D eigenvalue weighted by molar-refractivity contribution is 5.64. The van der Waals surface area contributed by atoms with Crippen molar-refractivity contribution in [3.63, 3.8) is 0 Å². The zero-order valence-corrected chi connectivity index (χ0v) is 9.32. The van der Waals surface area contributed by atoms with Crippen LogP contribution < -0.4 is 0 Å². The van der Waals surface area contributed by atoms with E-state index in [-0.39, 0.29) is 0 Å². The van der Waals surface area contributed by atoms with Gasteiger partial charge in [-0.25, -0.2) is 0 Å². The first-order valence-electron chi connectivity index (χ1n) is 5.20. The molecule has 1 aromatic carbocycles. The Morgan fingerprint density at radius 2 is 2.12 bits per heavy atom. The van der Waals surface area contributed by atoms with Gasteiger partial charge in [0.2, 0.25) is 11.7 Å². The van der Waals surface area contributed by atoms with Gasteiger partial charge < -0.3 is 4.52 Å². The standard InChI is InChI=1S/C13H12N2O/c1-3-4-7-11-8-5-6-9-12(11)13-14-10(2)16-15-13/h5-6,8-9H,3H2,1-2H3. The monoisotopic (exact) mass is 212 g/mol. The Morgan fingerprint density at radius 1 is 1.31 bits per heavy atom. The summed E-state index contributed by atoms with van der Waals surface area (Å²) in [7, 11) is 0. The molecule has 0 N–H and O–H groups in total. The molecular weight excluding hydrogens is 200 g/mol. The fourth-order valence-electron chi connectivity index (χ4n) is 1.38. The van der Waals surface area contributed by atoms with Crippen LogP contribution in [-0.2, 0) is 0 Å². The van der Waals surface area contributed by atoms with E-state index < -0.39 is 0 Å².